The smallest absolute Gasteiger partial charge is 0.0423 e. The van der Waals surface area contributed by atoms with Crippen LogP contribution in [-0.4, -0.2) is 0 Å². The van der Waals surface area contributed by atoms with Crippen molar-refractivity contribution >= 4 is 11.3 Å². The predicted molar refractivity (Wildman–Crippen MR) is 62.4 cm³/mol. The van der Waals surface area contributed by atoms with Crippen LogP contribution in [0.2, 0.25) is 0 Å². The molecule has 2 N–H and O–H groups in total. The van der Waals surface area contributed by atoms with Gasteiger partial charge in [-0.15, -0.1) is 0 Å². The van der Waals surface area contributed by atoms with Crippen molar-refractivity contribution in [1.82, 2.24) is 0 Å². The third-order valence-electron chi connectivity index (χ3n) is 3.33. The molecule has 1 aliphatic rings. The second-order valence-corrected chi connectivity index (χ2v) is 5.80. The topological polar surface area (TPSA) is 26.0 Å². The molecular weight excluding hydrogens is 190 g/mol. The van der Waals surface area contributed by atoms with Crippen LogP contribution < -0.4 is 5.73 Å². The third kappa shape index (κ3) is 1.86. The lowest BCUT2D eigenvalue weighted by molar-refractivity contribution is 0.184. The molecule has 1 aromatic rings. The Labute approximate surface area is 90.3 Å². The summed E-state index contributed by atoms with van der Waals surface area (Å²) < 4.78 is 0. The molecule has 1 aromatic heterocycles. The molecule has 0 amide bonds. The summed E-state index contributed by atoms with van der Waals surface area (Å²) in [6, 6.07) is 2.19. The van der Waals surface area contributed by atoms with Gasteiger partial charge in [-0.1, -0.05) is 13.8 Å². The van der Waals surface area contributed by atoms with E-state index in [0.29, 0.717) is 0 Å². The molecule has 2 rings (SSSR count). The molecular formula is C12H19NS. The molecule has 14 heavy (non-hydrogen) atoms. The molecule has 2 heteroatoms. The molecule has 1 fully saturated rings. The first-order valence-electron chi connectivity index (χ1n) is 5.42. The Morgan fingerprint density at radius 2 is 2.00 bits per heavy atom. The van der Waals surface area contributed by atoms with Gasteiger partial charge >= 0.3 is 0 Å². The molecule has 0 bridgehead atoms. The molecule has 0 aromatic carbocycles. The molecule has 0 saturated heterocycles. The average Bonchev–Trinajstić information content (AvgIpc) is 2.52. The van der Waals surface area contributed by atoms with E-state index in [4.69, 9.17) is 5.73 Å². The lowest BCUT2D eigenvalue weighted by atomic mass is 9.70. The SMILES string of the molecule is CC1CC(C)CC(N)(c2ccsc2)C1. The van der Waals surface area contributed by atoms with E-state index in [1.165, 1.54) is 12.0 Å². The summed E-state index contributed by atoms with van der Waals surface area (Å²) in [6.45, 7) is 4.65. The molecule has 1 heterocycles. The van der Waals surface area contributed by atoms with Gasteiger partial charge < -0.3 is 5.73 Å². The summed E-state index contributed by atoms with van der Waals surface area (Å²) in [4.78, 5) is 0. The van der Waals surface area contributed by atoms with Crippen LogP contribution in [0.5, 0.6) is 0 Å². The van der Waals surface area contributed by atoms with Gasteiger partial charge in [0.1, 0.15) is 0 Å². The number of hydrogen-bond acceptors (Lipinski definition) is 2. The Kier molecular flexibility index (Phi) is 2.67. The van der Waals surface area contributed by atoms with Crippen LogP contribution in [0.15, 0.2) is 16.8 Å². The number of nitrogens with two attached hydrogens (primary N) is 1. The fourth-order valence-corrected chi connectivity index (χ4v) is 3.73. The fraction of sp³-hybridized carbons (Fsp3) is 0.667. The minimum atomic E-state index is -0.0446. The first-order chi connectivity index (χ1) is 6.60. The number of thiophene rings is 1. The van der Waals surface area contributed by atoms with Gasteiger partial charge in [-0.3, -0.25) is 0 Å². The minimum absolute atomic E-state index is 0.0446. The molecule has 78 valence electrons. The third-order valence-corrected chi connectivity index (χ3v) is 4.01. The summed E-state index contributed by atoms with van der Waals surface area (Å²) in [5.74, 6) is 1.53. The molecule has 0 spiro atoms. The van der Waals surface area contributed by atoms with E-state index < -0.39 is 0 Å². The zero-order valence-electron chi connectivity index (χ0n) is 8.99. The maximum Gasteiger partial charge on any atom is 0.0423 e. The van der Waals surface area contributed by atoms with Gasteiger partial charge in [-0.05, 0) is 53.5 Å². The average molecular weight is 209 g/mol. The van der Waals surface area contributed by atoms with Gasteiger partial charge in [-0.2, -0.15) is 11.3 Å². The predicted octanol–water partition coefficient (Wildman–Crippen LogP) is 3.36. The van der Waals surface area contributed by atoms with E-state index in [1.54, 1.807) is 11.3 Å². The summed E-state index contributed by atoms with van der Waals surface area (Å²) in [7, 11) is 0. The highest BCUT2D eigenvalue weighted by molar-refractivity contribution is 7.08. The highest BCUT2D eigenvalue weighted by Crippen LogP contribution is 2.41. The standard InChI is InChI=1S/C12H19NS/c1-9-5-10(2)7-12(13,6-9)11-3-4-14-8-11/h3-4,8-10H,5-7,13H2,1-2H3. The molecule has 2 atom stereocenters. The van der Waals surface area contributed by atoms with Crippen molar-refractivity contribution in [2.24, 2.45) is 17.6 Å². The van der Waals surface area contributed by atoms with Gasteiger partial charge in [-0.25, -0.2) is 0 Å². The Balaban J connectivity index is 2.22. The largest absolute Gasteiger partial charge is 0.321 e. The first kappa shape index (κ1) is 10.2. The highest BCUT2D eigenvalue weighted by Gasteiger charge is 2.35. The maximum absolute atomic E-state index is 6.51. The van der Waals surface area contributed by atoms with Gasteiger partial charge in [0.25, 0.3) is 0 Å². The van der Waals surface area contributed by atoms with Crippen LogP contribution in [-0.2, 0) is 5.54 Å². The van der Waals surface area contributed by atoms with Crippen LogP contribution in [0, 0.1) is 11.8 Å². The zero-order chi connectivity index (χ0) is 10.2. The van der Waals surface area contributed by atoms with Gasteiger partial charge in [0.15, 0.2) is 0 Å². The highest BCUT2D eigenvalue weighted by atomic mass is 32.1. The van der Waals surface area contributed by atoms with Gasteiger partial charge in [0, 0.05) is 5.54 Å². The summed E-state index contributed by atoms with van der Waals surface area (Å²) in [5, 5.41) is 4.35. The second-order valence-electron chi connectivity index (χ2n) is 5.02. The van der Waals surface area contributed by atoms with E-state index in [0.717, 1.165) is 24.7 Å². The van der Waals surface area contributed by atoms with Crippen molar-refractivity contribution < 1.29 is 0 Å². The van der Waals surface area contributed by atoms with E-state index in [9.17, 15) is 0 Å². The maximum atomic E-state index is 6.51. The van der Waals surface area contributed by atoms with Gasteiger partial charge in [0.05, 0.1) is 0 Å². The van der Waals surface area contributed by atoms with Crippen molar-refractivity contribution in [2.75, 3.05) is 0 Å². The number of hydrogen-bond donors (Lipinski definition) is 1. The Hall–Kier alpha value is -0.340. The van der Waals surface area contributed by atoms with Crippen molar-refractivity contribution in [2.45, 2.75) is 38.6 Å². The lowest BCUT2D eigenvalue weighted by Crippen LogP contribution is -2.43. The van der Waals surface area contributed by atoms with Crippen LogP contribution in [0.25, 0.3) is 0 Å². The van der Waals surface area contributed by atoms with Crippen LogP contribution in [0.3, 0.4) is 0 Å². The Morgan fingerprint density at radius 3 is 2.50 bits per heavy atom. The van der Waals surface area contributed by atoms with Crippen molar-refractivity contribution in [1.29, 1.82) is 0 Å². The molecule has 1 nitrogen and oxygen atoms in total. The van der Waals surface area contributed by atoms with Crippen molar-refractivity contribution in [3.05, 3.63) is 22.4 Å². The zero-order valence-corrected chi connectivity index (χ0v) is 9.81. The molecule has 0 radical (unpaired) electrons. The summed E-state index contributed by atoms with van der Waals surface area (Å²) in [5.41, 5.74) is 7.82. The monoisotopic (exact) mass is 209 g/mol. The molecule has 2 unspecified atom stereocenters. The Morgan fingerprint density at radius 1 is 1.36 bits per heavy atom. The fourth-order valence-electron chi connectivity index (χ4n) is 2.96. The van der Waals surface area contributed by atoms with E-state index in [1.807, 2.05) is 0 Å². The number of rotatable bonds is 1. The van der Waals surface area contributed by atoms with Crippen LogP contribution in [0.1, 0.15) is 38.7 Å². The normalized spacial score (nSPS) is 38.5. The van der Waals surface area contributed by atoms with E-state index >= 15 is 0 Å². The Bertz CT molecular complexity index is 281. The van der Waals surface area contributed by atoms with E-state index in [2.05, 4.69) is 30.7 Å². The molecule has 1 aliphatic carbocycles. The molecule has 1 saturated carbocycles. The quantitative estimate of drug-likeness (QED) is 0.754. The summed E-state index contributed by atoms with van der Waals surface area (Å²) in [6.07, 6.45) is 3.63. The van der Waals surface area contributed by atoms with Crippen LogP contribution >= 0.6 is 11.3 Å². The lowest BCUT2D eigenvalue weighted by Gasteiger charge is -2.40. The minimum Gasteiger partial charge on any atom is -0.321 e. The van der Waals surface area contributed by atoms with Crippen molar-refractivity contribution in [3.8, 4) is 0 Å². The first-order valence-corrected chi connectivity index (χ1v) is 6.36. The summed E-state index contributed by atoms with van der Waals surface area (Å²) >= 11 is 1.75. The van der Waals surface area contributed by atoms with Crippen molar-refractivity contribution in [3.63, 3.8) is 0 Å². The van der Waals surface area contributed by atoms with E-state index in [-0.39, 0.29) is 5.54 Å². The second kappa shape index (κ2) is 3.67. The van der Waals surface area contributed by atoms with Gasteiger partial charge in [0.2, 0.25) is 0 Å². The van der Waals surface area contributed by atoms with Crippen LogP contribution in [0.4, 0.5) is 0 Å². The molecule has 0 aliphatic heterocycles.